The van der Waals surface area contributed by atoms with E-state index in [0.29, 0.717) is 11.3 Å². The van der Waals surface area contributed by atoms with Gasteiger partial charge in [-0.1, -0.05) is 30.3 Å². The molecule has 1 N–H and O–H groups in total. The average Bonchev–Trinajstić information content (AvgIpc) is 2.48. The number of benzene rings is 3. The summed E-state index contributed by atoms with van der Waals surface area (Å²) in [7, 11) is 0. The molecule has 0 aliphatic heterocycles. The van der Waals surface area contributed by atoms with Crippen molar-refractivity contribution in [3.8, 4) is 5.75 Å². The predicted octanol–water partition coefficient (Wildman–Crippen LogP) is 4.44. The minimum atomic E-state index is -0.294. The molecular weight excluding hydrogens is 253 g/mol. The Labute approximate surface area is 115 Å². The van der Waals surface area contributed by atoms with Crippen LogP contribution in [0.2, 0.25) is 0 Å². The standard InChI is InChI=1S/C17H12FNO/c18-13-6-8-14(9-7-13)19-11-16-15-4-2-1-3-12(15)5-10-17(16)20/h1-11,20H. The predicted molar refractivity (Wildman–Crippen MR) is 79.3 cm³/mol. The summed E-state index contributed by atoms with van der Waals surface area (Å²) in [6.45, 7) is 0. The van der Waals surface area contributed by atoms with Crippen LogP contribution in [-0.2, 0) is 0 Å². The van der Waals surface area contributed by atoms with Crippen LogP contribution in [0.3, 0.4) is 0 Å². The highest BCUT2D eigenvalue weighted by atomic mass is 19.1. The molecule has 3 heteroatoms. The summed E-state index contributed by atoms with van der Waals surface area (Å²) in [5.41, 5.74) is 1.30. The fourth-order valence-corrected chi connectivity index (χ4v) is 2.09. The van der Waals surface area contributed by atoms with E-state index in [2.05, 4.69) is 4.99 Å². The number of rotatable bonds is 2. The lowest BCUT2D eigenvalue weighted by atomic mass is 10.0. The van der Waals surface area contributed by atoms with Gasteiger partial charge >= 0.3 is 0 Å². The van der Waals surface area contributed by atoms with Crippen LogP contribution in [0.1, 0.15) is 5.56 Å². The molecule has 20 heavy (non-hydrogen) atoms. The third-order valence-electron chi connectivity index (χ3n) is 3.12. The Kier molecular flexibility index (Phi) is 3.17. The molecule has 0 aromatic heterocycles. The van der Waals surface area contributed by atoms with Crippen molar-refractivity contribution in [1.29, 1.82) is 0 Å². The zero-order valence-electron chi connectivity index (χ0n) is 10.6. The molecule has 0 aliphatic carbocycles. The summed E-state index contributed by atoms with van der Waals surface area (Å²) >= 11 is 0. The van der Waals surface area contributed by atoms with Crippen molar-refractivity contribution in [3.63, 3.8) is 0 Å². The lowest BCUT2D eigenvalue weighted by molar-refractivity contribution is 0.475. The number of aromatic hydroxyl groups is 1. The van der Waals surface area contributed by atoms with E-state index in [4.69, 9.17) is 0 Å². The van der Waals surface area contributed by atoms with E-state index < -0.39 is 0 Å². The van der Waals surface area contributed by atoms with E-state index in [1.165, 1.54) is 12.1 Å². The SMILES string of the molecule is Oc1ccc2ccccc2c1C=Nc1ccc(F)cc1. The van der Waals surface area contributed by atoms with Crippen LogP contribution >= 0.6 is 0 Å². The maximum absolute atomic E-state index is 12.8. The second kappa shape index (κ2) is 5.13. The normalized spacial score (nSPS) is 11.2. The molecule has 0 saturated heterocycles. The van der Waals surface area contributed by atoms with Gasteiger partial charge in [-0.15, -0.1) is 0 Å². The lowest BCUT2D eigenvalue weighted by Crippen LogP contribution is -1.85. The van der Waals surface area contributed by atoms with Gasteiger partial charge in [-0.2, -0.15) is 0 Å². The van der Waals surface area contributed by atoms with Crippen LogP contribution in [0.5, 0.6) is 5.75 Å². The van der Waals surface area contributed by atoms with Crippen molar-refractivity contribution in [2.75, 3.05) is 0 Å². The monoisotopic (exact) mass is 265 g/mol. The zero-order valence-corrected chi connectivity index (χ0v) is 10.6. The van der Waals surface area contributed by atoms with Gasteiger partial charge in [0.25, 0.3) is 0 Å². The maximum Gasteiger partial charge on any atom is 0.124 e. The highest BCUT2D eigenvalue weighted by molar-refractivity contribution is 6.02. The number of phenolic OH excluding ortho intramolecular Hbond substituents is 1. The first-order valence-corrected chi connectivity index (χ1v) is 6.24. The van der Waals surface area contributed by atoms with E-state index in [1.54, 1.807) is 24.4 Å². The van der Waals surface area contributed by atoms with Crippen molar-refractivity contribution in [2.45, 2.75) is 0 Å². The minimum absolute atomic E-state index is 0.176. The molecule has 0 heterocycles. The van der Waals surface area contributed by atoms with Gasteiger partial charge in [-0.3, -0.25) is 4.99 Å². The fraction of sp³-hybridized carbons (Fsp3) is 0. The van der Waals surface area contributed by atoms with Gasteiger partial charge in [-0.25, -0.2) is 4.39 Å². The molecule has 3 aromatic carbocycles. The molecule has 0 unspecified atom stereocenters. The van der Waals surface area contributed by atoms with Crippen molar-refractivity contribution in [1.82, 2.24) is 0 Å². The topological polar surface area (TPSA) is 32.6 Å². The molecule has 0 amide bonds. The van der Waals surface area contributed by atoms with Crippen LogP contribution in [0.4, 0.5) is 10.1 Å². The second-order valence-electron chi connectivity index (χ2n) is 4.45. The molecule has 0 spiro atoms. The van der Waals surface area contributed by atoms with Gasteiger partial charge in [-0.05, 0) is 41.1 Å². The van der Waals surface area contributed by atoms with Crippen molar-refractivity contribution in [3.05, 3.63) is 72.0 Å². The largest absolute Gasteiger partial charge is 0.507 e. The van der Waals surface area contributed by atoms with E-state index >= 15 is 0 Å². The van der Waals surface area contributed by atoms with Crippen molar-refractivity contribution in [2.24, 2.45) is 4.99 Å². The molecule has 98 valence electrons. The summed E-state index contributed by atoms with van der Waals surface area (Å²) in [6, 6.07) is 17.2. The molecule has 0 radical (unpaired) electrons. The Morgan fingerprint density at radius 1 is 0.900 bits per heavy atom. The Morgan fingerprint density at radius 2 is 1.65 bits per heavy atom. The molecule has 0 bridgehead atoms. The highest BCUT2D eigenvalue weighted by Gasteiger charge is 2.04. The quantitative estimate of drug-likeness (QED) is 0.683. The van der Waals surface area contributed by atoms with Crippen LogP contribution in [0, 0.1) is 5.82 Å². The van der Waals surface area contributed by atoms with E-state index in [-0.39, 0.29) is 11.6 Å². The smallest absolute Gasteiger partial charge is 0.124 e. The Balaban J connectivity index is 2.06. The summed E-state index contributed by atoms with van der Waals surface area (Å²) in [4.78, 5) is 4.28. The van der Waals surface area contributed by atoms with Gasteiger partial charge in [0.05, 0.1) is 5.69 Å². The van der Waals surface area contributed by atoms with Crippen LogP contribution in [-0.4, -0.2) is 11.3 Å². The van der Waals surface area contributed by atoms with Crippen LogP contribution in [0.25, 0.3) is 10.8 Å². The number of fused-ring (bicyclic) bond motifs is 1. The molecule has 3 aromatic rings. The van der Waals surface area contributed by atoms with Crippen molar-refractivity contribution >= 4 is 22.7 Å². The highest BCUT2D eigenvalue weighted by Crippen LogP contribution is 2.26. The first-order chi connectivity index (χ1) is 9.74. The third-order valence-corrected chi connectivity index (χ3v) is 3.12. The maximum atomic E-state index is 12.8. The van der Waals surface area contributed by atoms with Gasteiger partial charge in [0.15, 0.2) is 0 Å². The number of phenols is 1. The first kappa shape index (κ1) is 12.4. The zero-order chi connectivity index (χ0) is 13.9. The third kappa shape index (κ3) is 2.38. The van der Waals surface area contributed by atoms with Crippen LogP contribution < -0.4 is 0 Å². The summed E-state index contributed by atoms with van der Waals surface area (Å²) in [6.07, 6.45) is 1.60. The summed E-state index contributed by atoms with van der Waals surface area (Å²) in [5, 5.41) is 11.9. The van der Waals surface area contributed by atoms with Gasteiger partial charge in [0.2, 0.25) is 0 Å². The molecule has 0 atom stereocenters. The Morgan fingerprint density at radius 3 is 2.45 bits per heavy atom. The number of hydrogen-bond acceptors (Lipinski definition) is 2. The molecule has 0 fully saturated rings. The van der Waals surface area contributed by atoms with Crippen molar-refractivity contribution < 1.29 is 9.50 Å². The van der Waals surface area contributed by atoms with Gasteiger partial charge in [0, 0.05) is 11.8 Å². The molecule has 0 saturated carbocycles. The number of nitrogens with zero attached hydrogens (tertiary/aromatic N) is 1. The summed E-state index contributed by atoms with van der Waals surface area (Å²) in [5.74, 6) is -0.119. The van der Waals surface area contributed by atoms with E-state index in [9.17, 15) is 9.50 Å². The minimum Gasteiger partial charge on any atom is -0.507 e. The number of halogens is 1. The first-order valence-electron chi connectivity index (χ1n) is 6.24. The van der Waals surface area contributed by atoms with Gasteiger partial charge < -0.3 is 5.11 Å². The van der Waals surface area contributed by atoms with Crippen LogP contribution in [0.15, 0.2) is 65.7 Å². The van der Waals surface area contributed by atoms with E-state index in [1.807, 2.05) is 30.3 Å². The molecular formula is C17H12FNO. The Bertz CT molecular complexity index is 779. The second-order valence-corrected chi connectivity index (χ2v) is 4.45. The number of aliphatic imine (C=N–C) groups is 1. The molecule has 2 nitrogen and oxygen atoms in total. The van der Waals surface area contributed by atoms with E-state index in [0.717, 1.165) is 10.8 Å². The molecule has 3 rings (SSSR count). The van der Waals surface area contributed by atoms with Gasteiger partial charge in [0.1, 0.15) is 11.6 Å². The fourth-order valence-electron chi connectivity index (χ4n) is 2.09. The average molecular weight is 265 g/mol. The number of hydrogen-bond donors (Lipinski definition) is 1. The Hall–Kier alpha value is -2.68. The molecule has 0 aliphatic rings. The summed E-state index contributed by atoms with van der Waals surface area (Å²) < 4.78 is 12.8. The lowest BCUT2D eigenvalue weighted by Gasteiger charge is -2.04.